The number of nitrogens with one attached hydrogen (secondary N) is 1. The quantitative estimate of drug-likeness (QED) is 0.679. The van der Waals surface area contributed by atoms with E-state index in [1.165, 1.54) is 62.4 Å². The van der Waals surface area contributed by atoms with E-state index < -0.39 is 0 Å². The third kappa shape index (κ3) is 3.30. The number of benzene rings is 1. The summed E-state index contributed by atoms with van der Waals surface area (Å²) in [6.45, 7) is 0. The summed E-state index contributed by atoms with van der Waals surface area (Å²) in [5.41, 5.74) is 0.986. The Morgan fingerprint density at radius 1 is 1.07 bits per heavy atom. The van der Waals surface area contributed by atoms with Crippen molar-refractivity contribution >= 4 is 45.4 Å². The summed E-state index contributed by atoms with van der Waals surface area (Å²) in [6.07, 6.45) is 9.70. The molecule has 1 N–H and O–H groups in total. The van der Waals surface area contributed by atoms with Crippen LogP contribution in [0.15, 0.2) is 34.2 Å². The number of carbonyl (C=O) groups excluding carboxylic acids is 1. The Balaban J connectivity index is 1.22. The van der Waals surface area contributed by atoms with Crippen LogP contribution in [0, 0.1) is 23.6 Å². The largest absolute Gasteiger partial charge is 0.300 e. The van der Waals surface area contributed by atoms with Crippen LogP contribution in [-0.4, -0.2) is 21.3 Å². The highest BCUT2D eigenvalue weighted by molar-refractivity contribution is 8.18. The molecule has 0 radical (unpaired) electrons. The fourth-order valence-electron chi connectivity index (χ4n) is 6.13. The highest BCUT2D eigenvalue weighted by Crippen LogP contribution is 2.61. The molecule has 1 aromatic heterocycles. The standard InChI is InChI=1S/C22H21FN4OS2/c23-16-3-1-12(2-4-16)8-17-18(28)24-20(29-17)25-21-27-26-19(30-21)22-9-13-5-14(10-22)7-15(6-13)11-22/h1-4,8,13-15H,5-7,9-11H2,(H,24,25,27,28)/b17-8+. The molecular weight excluding hydrogens is 419 g/mol. The molecule has 7 rings (SSSR count). The maximum absolute atomic E-state index is 13.1. The summed E-state index contributed by atoms with van der Waals surface area (Å²) in [4.78, 5) is 17.4. The van der Waals surface area contributed by atoms with Crippen molar-refractivity contribution in [1.29, 1.82) is 0 Å². The van der Waals surface area contributed by atoms with Crippen LogP contribution in [-0.2, 0) is 10.2 Å². The van der Waals surface area contributed by atoms with Crippen LogP contribution < -0.4 is 5.32 Å². The van der Waals surface area contributed by atoms with Gasteiger partial charge in [-0.2, -0.15) is 4.99 Å². The molecule has 5 nitrogen and oxygen atoms in total. The highest BCUT2D eigenvalue weighted by Gasteiger charge is 2.53. The number of hydrogen-bond acceptors (Lipinski definition) is 6. The molecule has 1 saturated heterocycles. The van der Waals surface area contributed by atoms with E-state index in [0.717, 1.165) is 28.3 Å². The Bertz CT molecular complexity index is 1040. The first-order valence-electron chi connectivity index (χ1n) is 10.4. The topological polar surface area (TPSA) is 67.2 Å². The van der Waals surface area contributed by atoms with Gasteiger partial charge in [-0.1, -0.05) is 23.5 Å². The van der Waals surface area contributed by atoms with Gasteiger partial charge in [0.1, 0.15) is 10.8 Å². The molecular formula is C22H21FN4OS2. The number of carbonyl (C=O) groups is 1. The summed E-state index contributed by atoms with van der Waals surface area (Å²) >= 11 is 2.86. The first-order valence-corrected chi connectivity index (χ1v) is 12.1. The molecule has 1 amide bonds. The lowest BCUT2D eigenvalue weighted by Gasteiger charge is -2.55. The zero-order chi connectivity index (χ0) is 20.3. The SMILES string of the molecule is O=C1NC(=Nc2nnc(C34CC5CC(CC(C5)C3)C4)s2)S/C1=C/c1ccc(F)cc1. The molecule has 2 aromatic rings. The second-order valence-corrected chi connectivity index (χ2v) is 11.1. The normalized spacial score (nSPS) is 34.8. The monoisotopic (exact) mass is 440 g/mol. The van der Waals surface area contributed by atoms with Crippen molar-refractivity contribution in [1.82, 2.24) is 15.5 Å². The average molecular weight is 441 g/mol. The molecule has 30 heavy (non-hydrogen) atoms. The molecule has 154 valence electrons. The third-order valence-corrected chi connectivity index (χ3v) is 8.90. The van der Waals surface area contributed by atoms with E-state index in [2.05, 4.69) is 20.5 Å². The van der Waals surface area contributed by atoms with Gasteiger partial charge in [0.2, 0.25) is 5.13 Å². The van der Waals surface area contributed by atoms with Crippen molar-refractivity contribution in [2.45, 2.75) is 43.9 Å². The van der Waals surface area contributed by atoms with E-state index in [4.69, 9.17) is 0 Å². The molecule has 8 heteroatoms. The van der Waals surface area contributed by atoms with E-state index in [-0.39, 0.29) is 17.1 Å². The van der Waals surface area contributed by atoms with Gasteiger partial charge in [-0.25, -0.2) is 4.39 Å². The van der Waals surface area contributed by atoms with Gasteiger partial charge in [-0.3, -0.25) is 4.79 Å². The Hall–Kier alpha value is -2.06. The van der Waals surface area contributed by atoms with Crippen molar-refractivity contribution < 1.29 is 9.18 Å². The minimum Gasteiger partial charge on any atom is -0.300 e. The number of amides is 1. The average Bonchev–Trinajstić information content (AvgIpc) is 3.30. The zero-order valence-electron chi connectivity index (χ0n) is 16.3. The molecule has 2 heterocycles. The molecule has 0 unspecified atom stereocenters. The van der Waals surface area contributed by atoms with Gasteiger partial charge in [-0.05, 0) is 91.8 Å². The van der Waals surface area contributed by atoms with Crippen LogP contribution >= 0.6 is 23.1 Å². The van der Waals surface area contributed by atoms with E-state index >= 15 is 0 Å². The van der Waals surface area contributed by atoms with Crippen molar-refractivity contribution in [3.8, 4) is 0 Å². The Labute approximate surface area is 182 Å². The molecule has 5 fully saturated rings. The molecule has 0 spiro atoms. The summed E-state index contributed by atoms with van der Waals surface area (Å²) in [5.74, 6) is 2.08. The van der Waals surface area contributed by atoms with E-state index in [1.807, 2.05) is 0 Å². The predicted octanol–water partition coefficient (Wildman–Crippen LogP) is 5.04. The lowest BCUT2D eigenvalue weighted by atomic mass is 9.50. The molecule has 1 aliphatic heterocycles. The van der Waals surface area contributed by atoms with Crippen molar-refractivity contribution in [3.05, 3.63) is 45.6 Å². The fraction of sp³-hybridized carbons (Fsp3) is 0.455. The molecule has 5 aliphatic rings. The molecule has 4 aliphatic carbocycles. The van der Waals surface area contributed by atoms with Crippen molar-refractivity contribution in [3.63, 3.8) is 0 Å². The van der Waals surface area contributed by atoms with Crippen LogP contribution in [0.25, 0.3) is 6.08 Å². The van der Waals surface area contributed by atoms with Crippen molar-refractivity contribution in [2.75, 3.05) is 0 Å². The first kappa shape index (κ1) is 18.7. The summed E-state index contributed by atoms with van der Waals surface area (Å²) in [6, 6.07) is 6.06. The van der Waals surface area contributed by atoms with Gasteiger partial charge < -0.3 is 5.32 Å². The summed E-state index contributed by atoms with van der Waals surface area (Å²) in [7, 11) is 0. The Kier molecular flexibility index (Phi) is 4.35. The lowest BCUT2D eigenvalue weighted by Crippen LogP contribution is -2.48. The van der Waals surface area contributed by atoms with Crippen LogP contribution in [0.3, 0.4) is 0 Å². The number of nitrogens with zero attached hydrogens (tertiary/aromatic N) is 3. The Morgan fingerprint density at radius 3 is 2.40 bits per heavy atom. The molecule has 4 saturated carbocycles. The van der Waals surface area contributed by atoms with Gasteiger partial charge in [0, 0.05) is 5.41 Å². The number of amidine groups is 1. The zero-order valence-corrected chi connectivity index (χ0v) is 17.9. The van der Waals surface area contributed by atoms with Crippen LogP contribution in [0.4, 0.5) is 9.52 Å². The number of aromatic nitrogens is 2. The fourth-order valence-corrected chi connectivity index (χ4v) is 7.95. The van der Waals surface area contributed by atoms with Gasteiger partial charge in [0.15, 0.2) is 5.17 Å². The van der Waals surface area contributed by atoms with Crippen LogP contribution in [0.2, 0.25) is 0 Å². The van der Waals surface area contributed by atoms with E-state index in [9.17, 15) is 9.18 Å². The minimum atomic E-state index is -0.297. The molecule has 4 bridgehead atoms. The maximum Gasteiger partial charge on any atom is 0.264 e. The predicted molar refractivity (Wildman–Crippen MR) is 117 cm³/mol. The highest BCUT2D eigenvalue weighted by atomic mass is 32.2. The van der Waals surface area contributed by atoms with Crippen LogP contribution in [0.1, 0.15) is 49.1 Å². The number of aliphatic imine (C=N–C) groups is 1. The lowest BCUT2D eigenvalue weighted by molar-refractivity contribution is -0.115. The second-order valence-electron chi connectivity index (χ2n) is 9.12. The minimum absolute atomic E-state index is 0.200. The van der Waals surface area contributed by atoms with Crippen molar-refractivity contribution in [2.24, 2.45) is 22.7 Å². The smallest absolute Gasteiger partial charge is 0.264 e. The molecule has 0 atom stereocenters. The van der Waals surface area contributed by atoms with Gasteiger partial charge in [0.05, 0.1) is 4.91 Å². The Morgan fingerprint density at radius 2 is 1.73 bits per heavy atom. The number of rotatable bonds is 3. The number of halogens is 1. The van der Waals surface area contributed by atoms with Gasteiger partial charge >= 0.3 is 0 Å². The number of hydrogen-bond donors (Lipinski definition) is 1. The van der Waals surface area contributed by atoms with E-state index in [1.54, 1.807) is 29.5 Å². The summed E-state index contributed by atoms with van der Waals surface area (Å²) < 4.78 is 13.1. The van der Waals surface area contributed by atoms with E-state index in [0.29, 0.717) is 15.2 Å². The maximum atomic E-state index is 13.1. The summed E-state index contributed by atoms with van der Waals surface area (Å²) in [5, 5.41) is 13.9. The van der Waals surface area contributed by atoms with Gasteiger partial charge in [0.25, 0.3) is 5.91 Å². The first-order chi connectivity index (χ1) is 14.5. The second kappa shape index (κ2) is 6.99. The third-order valence-electron chi connectivity index (χ3n) is 6.92. The van der Waals surface area contributed by atoms with Gasteiger partial charge in [-0.15, -0.1) is 10.2 Å². The molecule has 1 aromatic carbocycles. The van der Waals surface area contributed by atoms with Crippen LogP contribution in [0.5, 0.6) is 0 Å². The number of thioether (sulfide) groups is 1.